The molecule has 0 saturated carbocycles. The first-order valence-electron chi connectivity index (χ1n) is 5.69. The Morgan fingerprint density at radius 2 is 1.65 bits per heavy atom. The molecular formula is C11H18N2O4. The van der Waals surface area contributed by atoms with Crippen molar-refractivity contribution >= 4 is 17.8 Å². The lowest BCUT2D eigenvalue weighted by Gasteiger charge is -2.38. The van der Waals surface area contributed by atoms with Crippen LogP contribution in [-0.4, -0.2) is 29.1 Å². The number of urea groups is 1. The summed E-state index contributed by atoms with van der Waals surface area (Å²) in [6.45, 7) is 5.04. The van der Waals surface area contributed by atoms with Gasteiger partial charge in [-0.25, -0.2) is 4.79 Å². The zero-order valence-corrected chi connectivity index (χ0v) is 10.2. The Balaban J connectivity index is 3.04. The van der Waals surface area contributed by atoms with Crippen LogP contribution in [0.25, 0.3) is 0 Å². The molecule has 0 spiro atoms. The topological polar surface area (TPSA) is 95.5 Å². The van der Waals surface area contributed by atoms with Gasteiger partial charge in [-0.1, -0.05) is 13.8 Å². The van der Waals surface area contributed by atoms with Crippen LogP contribution in [0, 0.1) is 11.3 Å². The second kappa shape index (κ2) is 4.83. The van der Waals surface area contributed by atoms with E-state index in [1.165, 1.54) is 0 Å². The first-order valence-corrected chi connectivity index (χ1v) is 5.69. The number of aliphatic hydroxyl groups is 1. The summed E-state index contributed by atoms with van der Waals surface area (Å²) in [5.41, 5.74) is -1.27. The second-order valence-corrected chi connectivity index (χ2v) is 4.55. The van der Waals surface area contributed by atoms with E-state index in [9.17, 15) is 19.5 Å². The van der Waals surface area contributed by atoms with E-state index >= 15 is 0 Å². The maximum absolute atomic E-state index is 11.9. The summed E-state index contributed by atoms with van der Waals surface area (Å²) in [6.07, 6.45) is 0.000906. The Kier molecular flexibility index (Phi) is 3.87. The maximum atomic E-state index is 11.9. The third kappa shape index (κ3) is 2.31. The highest BCUT2D eigenvalue weighted by Crippen LogP contribution is 2.36. The van der Waals surface area contributed by atoms with Crippen LogP contribution in [0.3, 0.4) is 0 Å². The van der Waals surface area contributed by atoms with E-state index in [1.807, 2.05) is 0 Å². The first-order chi connectivity index (χ1) is 7.84. The fourth-order valence-electron chi connectivity index (χ4n) is 2.39. The van der Waals surface area contributed by atoms with Crippen LogP contribution < -0.4 is 10.6 Å². The van der Waals surface area contributed by atoms with Crippen LogP contribution in [0.2, 0.25) is 0 Å². The molecule has 0 aromatic heterocycles. The number of nitrogens with one attached hydrogen (secondary N) is 2. The fourth-order valence-corrected chi connectivity index (χ4v) is 2.39. The lowest BCUT2D eigenvalue weighted by atomic mass is 9.69. The molecule has 1 saturated heterocycles. The number of imide groups is 2. The van der Waals surface area contributed by atoms with Gasteiger partial charge < -0.3 is 5.11 Å². The van der Waals surface area contributed by atoms with E-state index in [-0.39, 0.29) is 12.3 Å². The summed E-state index contributed by atoms with van der Waals surface area (Å²) < 4.78 is 0. The number of amides is 4. The van der Waals surface area contributed by atoms with Crippen molar-refractivity contribution in [2.75, 3.05) is 0 Å². The summed E-state index contributed by atoms with van der Waals surface area (Å²) in [5.74, 6) is -1.51. The van der Waals surface area contributed by atoms with Crippen molar-refractivity contribution in [2.24, 2.45) is 11.3 Å². The molecule has 0 aromatic rings. The van der Waals surface area contributed by atoms with Crippen LogP contribution in [0.5, 0.6) is 0 Å². The molecule has 4 amide bonds. The van der Waals surface area contributed by atoms with Crippen LogP contribution in [-0.2, 0) is 9.59 Å². The van der Waals surface area contributed by atoms with Gasteiger partial charge in [-0.15, -0.1) is 0 Å². The van der Waals surface area contributed by atoms with Crippen LogP contribution >= 0.6 is 0 Å². The highest BCUT2D eigenvalue weighted by atomic mass is 16.3. The minimum atomic E-state index is -1.27. The van der Waals surface area contributed by atoms with Gasteiger partial charge in [-0.05, 0) is 25.7 Å². The minimum absolute atomic E-state index is 0.284. The number of aliphatic hydroxyl groups excluding tert-OH is 1. The van der Waals surface area contributed by atoms with E-state index in [4.69, 9.17) is 0 Å². The molecule has 1 heterocycles. The molecule has 96 valence electrons. The van der Waals surface area contributed by atoms with Gasteiger partial charge in [0.25, 0.3) is 0 Å². The van der Waals surface area contributed by atoms with Crippen molar-refractivity contribution in [1.82, 2.24) is 10.6 Å². The third-order valence-electron chi connectivity index (χ3n) is 3.36. The Morgan fingerprint density at radius 1 is 1.18 bits per heavy atom. The molecule has 0 aromatic carbocycles. The second-order valence-electron chi connectivity index (χ2n) is 4.55. The number of carbonyl (C=O) groups excluding carboxylic acids is 3. The molecule has 2 atom stereocenters. The molecule has 3 N–H and O–H groups in total. The molecule has 0 bridgehead atoms. The lowest BCUT2D eigenvalue weighted by Crippen LogP contribution is -2.64. The summed E-state index contributed by atoms with van der Waals surface area (Å²) in [7, 11) is 0. The van der Waals surface area contributed by atoms with Crippen molar-refractivity contribution < 1.29 is 19.5 Å². The van der Waals surface area contributed by atoms with Crippen molar-refractivity contribution in [1.29, 1.82) is 0 Å². The molecule has 0 radical (unpaired) electrons. The number of hydrogen-bond donors (Lipinski definition) is 3. The maximum Gasteiger partial charge on any atom is 0.328 e. The van der Waals surface area contributed by atoms with Gasteiger partial charge in [0.2, 0.25) is 11.8 Å². The highest BCUT2D eigenvalue weighted by molar-refractivity contribution is 6.19. The zero-order chi connectivity index (χ0) is 13.2. The molecule has 6 heteroatoms. The van der Waals surface area contributed by atoms with Gasteiger partial charge in [0, 0.05) is 0 Å². The SMILES string of the molecule is CCC1([C@@H](C)C[C@@H](C)O)C(=O)NC(=O)NC1=O. The van der Waals surface area contributed by atoms with Crippen LogP contribution in [0.4, 0.5) is 4.79 Å². The van der Waals surface area contributed by atoms with Crippen LogP contribution in [0.1, 0.15) is 33.6 Å². The Labute approximate surface area is 99.8 Å². The van der Waals surface area contributed by atoms with Gasteiger partial charge in [0.1, 0.15) is 5.41 Å². The summed E-state index contributed by atoms with van der Waals surface area (Å²) in [4.78, 5) is 34.9. The van der Waals surface area contributed by atoms with Crippen molar-refractivity contribution in [3.63, 3.8) is 0 Å². The zero-order valence-electron chi connectivity index (χ0n) is 10.2. The molecule has 1 aliphatic heterocycles. The standard InChI is InChI=1S/C11H18N2O4/c1-4-11(6(2)5-7(3)14)8(15)12-10(17)13-9(11)16/h6-7,14H,4-5H2,1-3H3,(H2,12,13,15,16,17)/t6-,7+/m0/s1. The van der Waals surface area contributed by atoms with Crippen molar-refractivity contribution in [2.45, 2.75) is 39.7 Å². The summed E-state index contributed by atoms with van der Waals surface area (Å²) in [6, 6.07) is -0.784. The average Bonchev–Trinajstić information content (AvgIpc) is 2.16. The molecule has 6 nitrogen and oxygen atoms in total. The first kappa shape index (κ1) is 13.6. The average molecular weight is 242 g/mol. The quantitative estimate of drug-likeness (QED) is 0.612. The van der Waals surface area contributed by atoms with Gasteiger partial charge in [-0.3, -0.25) is 20.2 Å². The molecule has 0 aliphatic carbocycles. The van der Waals surface area contributed by atoms with E-state index < -0.39 is 29.4 Å². The number of barbiturate groups is 1. The van der Waals surface area contributed by atoms with Gasteiger partial charge in [-0.2, -0.15) is 0 Å². The molecule has 0 unspecified atom stereocenters. The molecular weight excluding hydrogens is 224 g/mol. The fraction of sp³-hybridized carbons (Fsp3) is 0.727. The predicted octanol–water partition coefficient (Wildman–Crippen LogP) is 0.156. The van der Waals surface area contributed by atoms with E-state index in [0.29, 0.717) is 6.42 Å². The highest BCUT2D eigenvalue weighted by Gasteiger charge is 2.52. The van der Waals surface area contributed by atoms with Crippen molar-refractivity contribution in [3.05, 3.63) is 0 Å². The number of rotatable bonds is 4. The predicted molar refractivity (Wildman–Crippen MR) is 59.9 cm³/mol. The largest absolute Gasteiger partial charge is 0.393 e. The lowest BCUT2D eigenvalue weighted by molar-refractivity contribution is -0.149. The summed E-state index contributed by atoms with van der Waals surface area (Å²) in [5, 5.41) is 13.6. The van der Waals surface area contributed by atoms with Gasteiger partial charge >= 0.3 is 6.03 Å². The number of hydrogen-bond acceptors (Lipinski definition) is 4. The van der Waals surface area contributed by atoms with E-state index in [1.54, 1.807) is 20.8 Å². The molecule has 1 aliphatic rings. The minimum Gasteiger partial charge on any atom is -0.393 e. The monoisotopic (exact) mass is 242 g/mol. The molecule has 1 rings (SSSR count). The molecule has 17 heavy (non-hydrogen) atoms. The third-order valence-corrected chi connectivity index (χ3v) is 3.36. The van der Waals surface area contributed by atoms with Crippen LogP contribution in [0.15, 0.2) is 0 Å². The Bertz CT molecular complexity index is 331. The summed E-state index contributed by atoms with van der Waals surface area (Å²) >= 11 is 0. The van der Waals surface area contributed by atoms with Crippen molar-refractivity contribution in [3.8, 4) is 0 Å². The molecule has 1 fully saturated rings. The van der Waals surface area contributed by atoms with Gasteiger partial charge in [0.05, 0.1) is 6.10 Å². The Morgan fingerprint density at radius 3 is 2.00 bits per heavy atom. The Hall–Kier alpha value is -1.43. The number of carbonyl (C=O) groups is 3. The smallest absolute Gasteiger partial charge is 0.328 e. The van der Waals surface area contributed by atoms with E-state index in [0.717, 1.165) is 0 Å². The normalized spacial score (nSPS) is 22.7. The van der Waals surface area contributed by atoms with Gasteiger partial charge in [0.15, 0.2) is 0 Å². The van der Waals surface area contributed by atoms with E-state index in [2.05, 4.69) is 10.6 Å².